The molecular weight excluding hydrogens is 370 g/mol. The molecule has 2 fully saturated rings. The molecule has 3 rings (SSSR count). The van der Waals surface area contributed by atoms with Crippen LogP contribution in [0.4, 0.5) is 5.69 Å². The quantitative estimate of drug-likeness (QED) is 0.767. The van der Waals surface area contributed by atoms with Crippen LogP contribution in [0.1, 0.15) is 52.9 Å². The number of hydrogen-bond donors (Lipinski definition) is 2. The van der Waals surface area contributed by atoms with E-state index in [-0.39, 0.29) is 42.1 Å². The minimum Gasteiger partial charge on any atom is -0.494 e. The number of carbonyl (C=O) groups is 3. The van der Waals surface area contributed by atoms with Crippen molar-refractivity contribution in [3.05, 3.63) is 24.3 Å². The number of piperazine rings is 1. The van der Waals surface area contributed by atoms with Gasteiger partial charge in [-0.25, -0.2) is 0 Å². The standard InChI is InChI=1S/C22H31N3O4/c1-4-29-16-11-9-15(10-12-16)23-20(26)13-19-21(27)24-17-7-5-6-8-18(17)25(19)22(28)14(2)3/h9-12,14,17-19H,4-8,13H2,1-3H3,(H,23,26)(H,24,27)/t17-,18+,19-/m1/s1. The van der Waals surface area contributed by atoms with E-state index >= 15 is 0 Å². The van der Waals surface area contributed by atoms with Crippen molar-refractivity contribution in [2.45, 2.75) is 71.0 Å². The van der Waals surface area contributed by atoms with E-state index in [2.05, 4.69) is 10.6 Å². The van der Waals surface area contributed by atoms with Crippen molar-refractivity contribution in [1.82, 2.24) is 10.2 Å². The van der Waals surface area contributed by atoms with E-state index in [4.69, 9.17) is 4.74 Å². The zero-order chi connectivity index (χ0) is 21.0. The average Bonchev–Trinajstić information content (AvgIpc) is 2.69. The van der Waals surface area contributed by atoms with E-state index in [1.54, 1.807) is 29.2 Å². The number of fused-ring (bicyclic) bond motifs is 1. The molecule has 3 atom stereocenters. The van der Waals surface area contributed by atoms with Gasteiger partial charge >= 0.3 is 0 Å². The third-order valence-corrected chi connectivity index (χ3v) is 5.63. The highest BCUT2D eigenvalue weighted by molar-refractivity contribution is 5.98. The molecule has 7 heteroatoms. The maximum atomic E-state index is 12.9. The van der Waals surface area contributed by atoms with E-state index in [0.29, 0.717) is 12.3 Å². The van der Waals surface area contributed by atoms with Gasteiger partial charge in [0.25, 0.3) is 0 Å². The van der Waals surface area contributed by atoms with E-state index in [0.717, 1.165) is 31.4 Å². The Kier molecular flexibility index (Phi) is 6.77. The number of hydrogen-bond acceptors (Lipinski definition) is 4. The van der Waals surface area contributed by atoms with Crippen molar-refractivity contribution < 1.29 is 19.1 Å². The van der Waals surface area contributed by atoms with Gasteiger partial charge in [0.1, 0.15) is 11.8 Å². The van der Waals surface area contributed by atoms with Gasteiger partial charge in [0.05, 0.1) is 19.1 Å². The summed E-state index contributed by atoms with van der Waals surface area (Å²) >= 11 is 0. The van der Waals surface area contributed by atoms with Crippen molar-refractivity contribution in [3.63, 3.8) is 0 Å². The summed E-state index contributed by atoms with van der Waals surface area (Å²) in [4.78, 5) is 40.1. The number of nitrogens with zero attached hydrogens (tertiary/aromatic N) is 1. The predicted molar refractivity (Wildman–Crippen MR) is 111 cm³/mol. The van der Waals surface area contributed by atoms with Gasteiger partial charge in [0.2, 0.25) is 17.7 Å². The van der Waals surface area contributed by atoms with Crippen LogP contribution in [0.25, 0.3) is 0 Å². The topological polar surface area (TPSA) is 87.7 Å². The first-order chi connectivity index (χ1) is 13.9. The summed E-state index contributed by atoms with van der Waals surface area (Å²) in [7, 11) is 0. The second-order valence-corrected chi connectivity index (χ2v) is 8.09. The Labute approximate surface area is 172 Å². The number of ether oxygens (including phenoxy) is 1. The molecule has 0 spiro atoms. The van der Waals surface area contributed by atoms with Crippen molar-refractivity contribution in [3.8, 4) is 5.75 Å². The number of nitrogens with one attached hydrogen (secondary N) is 2. The number of benzene rings is 1. The summed E-state index contributed by atoms with van der Waals surface area (Å²) in [6.45, 7) is 6.16. The van der Waals surface area contributed by atoms with Crippen LogP contribution in [0.5, 0.6) is 5.75 Å². The monoisotopic (exact) mass is 401 g/mol. The van der Waals surface area contributed by atoms with Crippen molar-refractivity contribution >= 4 is 23.4 Å². The Hall–Kier alpha value is -2.57. The maximum absolute atomic E-state index is 12.9. The van der Waals surface area contributed by atoms with E-state index in [1.807, 2.05) is 20.8 Å². The average molecular weight is 402 g/mol. The van der Waals surface area contributed by atoms with Crippen LogP contribution in [-0.4, -0.2) is 47.4 Å². The third kappa shape index (κ3) is 4.89. The number of anilines is 1. The van der Waals surface area contributed by atoms with Gasteiger partial charge in [-0.2, -0.15) is 0 Å². The molecular formula is C22H31N3O4. The molecule has 2 aliphatic rings. The molecule has 1 saturated carbocycles. The molecule has 1 aliphatic carbocycles. The molecule has 1 aromatic rings. The molecule has 2 N–H and O–H groups in total. The molecule has 1 saturated heterocycles. The number of rotatable bonds is 6. The molecule has 1 aliphatic heterocycles. The molecule has 7 nitrogen and oxygen atoms in total. The second kappa shape index (κ2) is 9.29. The van der Waals surface area contributed by atoms with Gasteiger partial charge in [-0.3, -0.25) is 14.4 Å². The molecule has 1 aromatic carbocycles. The summed E-state index contributed by atoms with van der Waals surface area (Å²) in [5.41, 5.74) is 0.631. The van der Waals surface area contributed by atoms with Crippen LogP contribution in [0.2, 0.25) is 0 Å². The lowest BCUT2D eigenvalue weighted by Gasteiger charge is -2.48. The van der Waals surface area contributed by atoms with Crippen LogP contribution in [-0.2, 0) is 14.4 Å². The van der Waals surface area contributed by atoms with Crippen LogP contribution < -0.4 is 15.4 Å². The van der Waals surface area contributed by atoms with Crippen LogP contribution in [0.3, 0.4) is 0 Å². The minimum absolute atomic E-state index is 0.00984. The first kappa shape index (κ1) is 21.1. The Balaban J connectivity index is 1.72. The lowest BCUT2D eigenvalue weighted by molar-refractivity contribution is -0.154. The van der Waals surface area contributed by atoms with Gasteiger partial charge in [-0.15, -0.1) is 0 Å². The summed E-state index contributed by atoms with van der Waals surface area (Å²) in [6.07, 6.45) is 3.77. The second-order valence-electron chi connectivity index (χ2n) is 8.09. The Morgan fingerprint density at radius 1 is 1.21 bits per heavy atom. The van der Waals surface area contributed by atoms with Crippen LogP contribution in [0.15, 0.2) is 24.3 Å². The number of amides is 3. The van der Waals surface area contributed by atoms with Gasteiger partial charge in [0, 0.05) is 17.6 Å². The fourth-order valence-corrected chi connectivity index (χ4v) is 4.24. The van der Waals surface area contributed by atoms with Crippen molar-refractivity contribution in [1.29, 1.82) is 0 Å². The lowest BCUT2D eigenvalue weighted by atomic mass is 9.84. The van der Waals surface area contributed by atoms with Crippen molar-refractivity contribution in [2.24, 2.45) is 5.92 Å². The summed E-state index contributed by atoms with van der Waals surface area (Å²) < 4.78 is 5.40. The highest BCUT2D eigenvalue weighted by Crippen LogP contribution is 2.31. The van der Waals surface area contributed by atoms with Gasteiger partial charge < -0.3 is 20.3 Å². The van der Waals surface area contributed by atoms with Crippen molar-refractivity contribution in [2.75, 3.05) is 11.9 Å². The zero-order valence-corrected chi connectivity index (χ0v) is 17.4. The van der Waals surface area contributed by atoms with E-state index in [9.17, 15) is 14.4 Å². The molecule has 158 valence electrons. The lowest BCUT2D eigenvalue weighted by Crippen LogP contribution is -2.68. The fraction of sp³-hybridized carbons (Fsp3) is 0.591. The van der Waals surface area contributed by atoms with Crippen LogP contribution >= 0.6 is 0 Å². The maximum Gasteiger partial charge on any atom is 0.243 e. The number of carbonyl (C=O) groups excluding carboxylic acids is 3. The highest BCUT2D eigenvalue weighted by Gasteiger charge is 2.46. The molecule has 3 amide bonds. The molecule has 0 aromatic heterocycles. The van der Waals surface area contributed by atoms with E-state index in [1.165, 1.54) is 0 Å². The third-order valence-electron chi connectivity index (χ3n) is 5.63. The summed E-state index contributed by atoms with van der Waals surface area (Å²) in [5.74, 6) is -0.0703. The Morgan fingerprint density at radius 2 is 1.90 bits per heavy atom. The van der Waals surface area contributed by atoms with Gasteiger partial charge in [-0.05, 0) is 44.0 Å². The van der Waals surface area contributed by atoms with Crippen LogP contribution in [0, 0.1) is 5.92 Å². The molecule has 0 bridgehead atoms. The largest absolute Gasteiger partial charge is 0.494 e. The Bertz CT molecular complexity index is 747. The predicted octanol–water partition coefficient (Wildman–Crippen LogP) is 2.71. The zero-order valence-electron chi connectivity index (χ0n) is 17.4. The smallest absolute Gasteiger partial charge is 0.243 e. The molecule has 29 heavy (non-hydrogen) atoms. The Morgan fingerprint density at radius 3 is 2.55 bits per heavy atom. The first-order valence-electron chi connectivity index (χ1n) is 10.6. The summed E-state index contributed by atoms with van der Waals surface area (Å²) in [6, 6.07) is 6.29. The van der Waals surface area contributed by atoms with E-state index < -0.39 is 6.04 Å². The molecule has 0 radical (unpaired) electrons. The highest BCUT2D eigenvalue weighted by atomic mass is 16.5. The molecule has 1 heterocycles. The fourth-order valence-electron chi connectivity index (χ4n) is 4.24. The SMILES string of the molecule is CCOc1ccc(NC(=O)C[C@@H]2C(=O)N[C@@H]3CCCC[C@@H]3N2C(=O)C(C)C)cc1. The van der Waals surface area contributed by atoms with Gasteiger partial charge in [0.15, 0.2) is 0 Å². The van der Waals surface area contributed by atoms with Gasteiger partial charge in [-0.1, -0.05) is 26.7 Å². The first-order valence-corrected chi connectivity index (χ1v) is 10.6. The normalized spacial score (nSPS) is 23.9. The summed E-state index contributed by atoms with van der Waals surface area (Å²) in [5, 5.41) is 5.88. The minimum atomic E-state index is -0.771. The molecule has 0 unspecified atom stereocenters.